The maximum atomic E-state index is 13.1. The second-order valence-corrected chi connectivity index (χ2v) is 9.47. The van der Waals surface area contributed by atoms with Gasteiger partial charge in [-0.15, -0.1) is 0 Å². The van der Waals surface area contributed by atoms with E-state index in [-0.39, 0.29) is 5.69 Å². The van der Waals surface area contributed by atoms with Crippen LogP contribution < -0.4 is 16.0 Å². The number of anilines is 3. The van der Waals surface area contributed by atoms with Gasteiger partial charge in [-0.3, -0.25) is 4.90 Å². The van der Waals surface area contributed by atoms with Gasteiger partial charge in [0, 0.05) is 44.5 Å². The third-order valence-electron chi connectivity index (χ3n) is 6.41. The van der Waals surface area contributed by atoms with Crippen molar-refractivity contribution in [2.75, 3.05) is 55.3 Å². The molecule has 0 unspecified atom stereocenters. The number of nitrogens with one attached hydrogen (secondary N) is 3. The highest BCUT2D eigenvalue weighted by Crippen LogP contribution is 2.38. The minimum absolute atomic E-state index is 0.154. The molecule has 0 atom stereocenters. The average molecular weight is 575 g/mol. The van der Waals surface area contributed by atoms with Gasteiger partial charge in [0.05, 0.1) is 34.9 Å². The van der Waals surface area contributed by atoms with Crippen LogP contribution in [0.1, 0.15) is 5.56 Å². The number of hydrogen-bond donors (Lipinski definition) is 3. The Kier molecular flexibility index (Phi) is 8.05. The van der Waals surface area contributed by atoms with Crippen LogP contribution in [0.25, 0.3) is 22.3 Å². The molecule has 0 aliphatic carbocycles. The van der Waals surface area contributed by atoms with Gasteiger partial charge in [-0.25, -0.2) is 19.4 Å². The van der Waals surface area contributed by atoms with Crippen molar-refractivity contribution in [1.29, 1.82) is 0 Å². The SMILES string of the molecule is Cn1nc(-c2ccc(NC(=O)Nc3cccc(C(F)(F)F)c3Cl)cc2)c2c(NCCN3CCOCC3)ncnc21. The molecular formula is C26H26ClF3N8O2. The number of hydrogen-bond acceptors (Lipinski definition) is 7. The Labute approximate surface area is 232 Å². The number of morpholine rings is 1. The largest absolute Gasteiger partial charge is 0.417 e. The van der Waals surface area contributed by atoms with Crippen molar-refractivity contribution in [3.05, 3.63) is 59.4 Å². The molecule has 0 radical (unpaired) electrons. The zero-order chi connectivity index (χ0) is 28.3. The fourth-order valence-electron chi connectivity index (χ4n) is 4.42. The van der Waals surface area contributed by atoms with E-state index < -0.39 is 22.8 Å². The zero-order valence-electron chi connectivity index (χ0n) is 21.4. The molecule has 1 saturated heterocycles. The number of amides is 2. The van der Waals surface area contributed by atoms with Gasteiger partial charge >= 0.3 is 12.2 Å². The van der Waals surface area contributed by atoms with E-state index in [9.17, 15) is 18.0 Å². The van der Waals surface area contributed by atoms with Gasteiger partial charge in [0.15, 0.2) is 5.65 Å². The highest BCUT2D eigenvalue weighted by Gasteiger charge is 2.34. The Balaban J connectivity index is 1.29. The first-order valence-corrected chi connectivity index (χ1v) is 12.8. The lowest BCUT2D eigenvalue weighted by molar-refractivity contribution is -0.137. The first kappa shape index (κ1) is 27.6. The van der Waals surface area contributed by atoms with E-state index in [0.29, 0.717) is 29.4 Å². The van der Waals surface area contributed by atoms with Gasteiger partial charge < -0.3 is 20.7 Å². The Bertz CT molecular complexity index is 1500. The summed E-state index contributed by atoms with van der Waals surface area (Å²) in [6.07, 6.45) is -3.15. The van der Waals surface area contributed by atoms with Crippen molar-refractivity contribution in [2.24, 2.45) is 7.05 Å². The number of aromatic nitrogens is 4. The molecule has 1 aliphatic rings. The first-order chi connectivity index (χ1) is 19.2. The number of carbonyl (C=O) groups excluding carboxylic acids is 1. The normalized spacial score (nSPS) is 14.3. The summed E-state index contributed by atoms with van der Waals surface area (Å²) in [6.45, 7) is 4.79. The molecule has 4 aromatic rings. The fourth-order valence-corrected chi connectivity index (χ4v) is 4.70. The number of carbonyl (C=O) groups is 1. The molecule has 3 N–H and O–H groups in total. The maximum Gasteiger partial charge on any atom is 0.417 e. The molecule has 0 saturated carbocycles. The first-order valence-electron chi connectivity index (χ1n) is 12.5. The van der Waals surface area contributed by atoms with E-state index >= 15 is 0 Å². The predicted molar refractivity (Wildman–Crippen MR) is 147 cm³/mol. The van der Waals surface area contributed by atoms with Crippen molar-refractivity contribution in [1.82, 2.24) is 24.6 Å². The standard InChI is InChI=1S/C26H26ClF3N8O2/c1-37-24-20(23(32-15-33-24)31-9-10-38-11-13-40-14-12-38)22(36-37)16-5-7-17(8-6-16)34-25(39)35-19-4-2-3-18(21(19)27)26(28,29)30/h2-8,15H,9-14H2,1H3,(H,31,32,33)(H2,34,35,39). The summed E-state index contributed by atoms with van der Waals surface area (Å²) < 4.78 is 46.4. The van der Waals surface area contributed by atoms with Gasteiger partial charge in [-0.1, -0.05) is 29.8 Å². The highest BCUT2D eigenvalue weighted by molar-refractivity contribution is 6.34. The van der Waals surface area contributed by atoms with Crippen LogP contribution >= 0.6 is 11.6 Å². The second-order valence-electron chi connectivity index (χ2n) is 9.10. The van der Waals surface area contributed by atoms with Gasteiger partial charge in [-0.2, -0.15) is 18.3 Å². The Hall–Kier alpha value is -3.94. The maximum absolute atomic E-state index is 13.1. The molecule has 2 amide bonds. The van der Waals surface area contributed by atoms with Crippen LogP contribution in [0.4, 0.5) is 35.2 Å². The van der Waals surface area contributed by atoms with Gasteiger partial charge in [0.25, 0.3) is 0 Å². The molecule has 10 nitrogen and oxygen atoms in total. The number of urea groups is 1. The molecule has 1 fully saturated rings. The highest BCUT2D eigenvalue weighted by atomic mass is 35.5. The van der Waals surface area contributed by atoms with Crippen LogP contribution in [0.15, 0.2) is 48.8 Å². The van der Waals surface area contributed by atoms with Crippen molar-refractivity contribution in [3.8, 4) is 11.3 Å². The molecule has 0 bridgehead atoms. The average Bonchev–Trinajstić information content (AvgIpc) is 3.27. The lowest BCUT2D eigenvalue weighted by Gasteiger charge is -2.26. The van der Waals surface area contributed by atoms with Crippen LogP contribution in [-0.4, -0.2) is 70.1 Å². The number of benzene rings is 2. The van der Waals surface area contributed by atoms with Crippen LogP contribution in [-0.2, 0) is 18.0 Å². The fraction of sp³-hybridized carbons (Fsp3) is 0.308. The Morgan fingerprint density at radius 2 is 1.82 bits per heavy atom. The zero-order valence-corrected chi connectivity index (χ0v) is 22.2. The summed E-state index contributed by atoms with van der Waals surface area (Å²) in [4.78, 5) is 23.6. The Morgan fingerprint density at radius 3 is 2.55 bits per heavy atom. The summed E-state index contributed by atoms with van der Waals surface area (Å²) in [5.41, 5.74) is 1.34. The summed E-state index contributed by atoms with van der Waals surface area (Å²) >= 11 is 5.87. The van der Waals surface area contributed by atoms with Crippen molar-refractivity contribution < 1.29 is 22.7 Å². The summed E-state index contributed by atoms with van der Waals surface area (Å²) in [6, 6.07) is 9.46. The number of nitrogens with zero attached hydrogens (tertiary/aromatic N) is 5. The minimum atomic E-state index is -4.64. The topological polar surface area (TPSA) is 109 Å². The molecular weight excluding hydrogens is 549 g/mol. The van der Waals surface area contributed by atoms with E-state index in [1.54, 1.807) is 36.0 Å². The summed E-state index contributed by atoms with van der Waals surface area (Å²) in [5.74, 6) is 0.668. The van der Waals surface area contributed by atoms with E-state index in [2.05, 4.69) is 35.9 Å². The molecule has 14 heteroatoms. The smallest absolute Gasteiger partial charge is 0.379 e. The van der Waals surface area contributed by atoms with Crippen LogP contribution in [0.2, 0.25) is 5.02 Å². The number of halogens is 4. The number of alkyl halides is 3. The van der Waals surface area contributed by atoms with Crippen LogP contribution in [0.5, 0.6) is 0 Å². The Morgan fingerprint density at radius 1 is 1.07 bits per heavy atom. The molecule has 2 aromatic heterocycles. The monoisotopic (exact) mass is 574 g/mol. The molecule has 5 rings (SSSR count). The van der Waals surface area contributed by atoms with Crippen LogP contribution in [0, 0.1) is 0 Å². The minimum Gasteiger partial charge on any atom is -0.379 e. The number of fused-ring (bicyclic) bond motifs is 1. The summed E-state index contributed by atoms with van der Waals surface area (Å²) in [7, 11) is 1.80. The third-order valence-corrected chi connectivity index (χ3v) is 6.82. The molecule has 1 aliphatic heterocycles. The van der Waals surface area contributed by atoms with E-state index in [1.807, 2.05) is 0 Å². The van der Waals surface area contributed by atoms with E-state index in [0.717, 1.165) is 49.9 Å². The van der Waals surface area contributed by atoms with Gasteiger partial charge in [0.1, 0.15) is 17.8 Å². The molecule has 210 valence electrons. The van der Waals surface area contributed by atoms with E-state index in [4.69, 9.17) is 16.3 Å². The quantitative estimate of drug-likeness (QED) is 0.282. The molecule has 2 aromatic carbocycles. The number of aryl methyl sites for hydroxylation is 1. The molecule has 40 heavy (non-hydrogen) atoms. The number of ether oxygens (including phenoxy) is 1. The van der Waals surface area contributed by atoms with Crippen molar-refractivity contribution in [3.63, 3.8) is 0 Å². The lowest BCUT2D eigenvalue weighted by Crippen LogP contribution is -2.39. The second kappa shape index (κ2) is 11.7. The molecule has 3 heterocycles. The van der Waals surface area contributed by atoms with Crippen LogP contribution in [0.3, 0.4) is 0 Å². The number of rotatable bonds is 7. The predicted octanol–water partition coefficient (Wildman–Crippen LogP) is 5.09. The summed E-state index contributed by atoms with van der Waals surface area (Å²) in [5, 5.41) is 13.2. The third kappa shape index (κ3) is 6.11. The van der Waals surface area contributed by atoms with Gasteiger partial charge in [0.2, 0.25) is 0 Å². The van der Waals surface area contributed by atoms with Gasteiger partial charge in [-0.05, 0) is 24.3 Å². The molecule has 0 spiro atoms. The van der Waals surface area contributed by atoms with Crippen molar-refractivity contribution >= 4 is 45.9 Å². The van der Waals surface area contributed by atoms with Crippen molar-refractivity contribution in [2.45, 2.75) is 6.18 Å². The van der Waals surface area contributed by atoms with E-state index in [1.165, 1.54) is 18.5 Å². The lowest BCUT2D eigenvalue weighted by atomic mass is 10.1.